The maximum Gasteiger partial charge on any atom is 0.221 e. The number of rotatable bonds is 5. The summed E-state index contributed by atoms with van der Waals surface area (Å²) in [6.45, 7) is 4.05. The average Bonchev–Trinajstić information content (AvgIpc) is 2.68. The van der Waals surface area contributed by atoms with Crippen molar-refractivity contribution in [1.82, 2.24) is 9.78 Å². The Bertz CT molecular complexity index is 642. The minimum absolute atomic E-state index is 0.101. The predicted octanol–water partition coefficient (Wildman–Crippen LogP) is 4.22. The van der Waals surface area contributed by atoms with Gasteiger partial charge in [-0.3, -0.25) is 0 Å². The summed E-state index contributed by atoms with van der Waals surface area (Å²) in [4.78, 5) is 0. The smallest absolute Gasteiger partial charge is 0.221 e. The first-order valence-corrected chi connectivity index (χ1v) is 8.00. The second-order valence-electron chi connectivity index (χ2n) is 5.04. The largest absolute Gasteiger partial charge is 0.438 e. The molecular weight excluding hydrogens is 354 g/mol. The number of nitrogens with zero attached hydrogens (tertiary/aromatic N) is 2. The first kappa shape index (κ1) is 16.3. The van der Waals surface area contributed by atoms with Crippen molar-refractivity contribution < 1.29 is 4.74 Å². The SMILES string of the molecule is CCC(N)Cc1c(C)nn(C)c1Oc1ccc(Cl)cc1Br. The zero-order valence-electron chi connectivity index (χ0n) is 12.4. The molecule has 0 spiro atoms. The summed E-state index contributed by atoms with van der Waals surface area (Å²) >= 11 is 9.42. The Balaban J connectivity index is 2.34. The molecule has 2 N–H and O–H groups in total. The van der Waals surface area contributed by atoms with Gasteiger partial charge in [0, 0.05) is 23.7 Å². The fourth-order valence-electron chi connectivity index (χ4n) is 2.11. The number of benzene rings is 1. The molecule has 0 bridgehead atoms. The molecule has 0 fully saturated rings. The van der Waals surface area contributed by atoms with Crippen LogP contribution in [0.5, 0.6) is 11.6 Å². The molecule has 0 aliphatic rings. The molecule has 1 atom stereocenters. The topological polar surface area (TPSA) is 53.1 Å². The van der Waals surface area contributed by atoms with Gasteiger partial charge in [-0.2, -0.15) is 5.10 Å². The Morgan fingerprint density at radius 3 is 2.81 bits per heavy atom. The number of aryl methyl sites for hydroxylation is 2. The standard InChI is InChI=1S/C15H19BrClN3O/c1-4-11(18)8-12-9(2)19-20(3)15(12)21-14-6-5-10(17)7-13(14)16/h5-7,11H,4,8,18H2,1-3H3. The first-order valence-electron chi connectivity index (χ1n) is 6.83. The summed E-state index contributed by atoms with van der Waals surface area (Å²) in [5, 5.41) is 5.09. The van der Waals surface area contributed by atoms with Crippen LogP contribution in [0.3, 0.4) is 0 Å². The molecule has 0 amide bonds. The zero-order valence-corrected chi connectivity index (χ0v) is 14.7. The van der Waals surface area contributed by atoms with Crippen molar-refractivity contribution in [2.75, 3.05) is 0 Å². The van der Waals surface area contributed by atoms with Crippen LogP contribution in [0.15, 0.2) is 22.7 Å². The van der Waals surface area contributed by atoms with E-state index in [-0.39, 0.29) is 6.04 Å². The Labute approximate surface area is 138 Å². The molecule has 1 heterocycles. The lowest BCUT2D eigenvalue weighted by Crippen LogP contribution is -2.21. The van der Waals surface area contributed by atoms with E-state index in [9.17, 15) is 0 Å². The van der Waals surface area contributed by atoms with Crippen molar-refractivity contribution in [1.29, 1.82) is 0 Å². The van der Waals surface area contributed by atoms with Crippen LogP contribution in [-0.4, -0.2) is 15.8 Å². The van der Waals surface area contributed by atoms with Gasteiger partial charge in [-0.1, -0.05) is 18.5 Å². The van der Waals surface area contributed by atoms with Crippen LogP contribution < -0.4 is 10.5 Å². The van der Waals surface area contributed by atoms with Gasteiger partial charge in [0.2, 0.25) is 5.88 Å². The molecule has 0 saturated carbocycles. The van der Waals surface area contributed by atoms with E-state index in [0.717, 1.165) is 34.5 Å². The molecule has 0 aliphatic carbocycles. The van der Waals surface area contributed by atoms with E-state index >= 15 is 0 Å². The Morgan fingerprint density at radius 1 is 1.48 bits per heavy atom. The maximum atomic E-state index is 6.08. The lowest BCUT2D eigenvalue weighted by atomic mass is 10.1. The lowest BCUT2D eigenvalue weighted by Gasteiger charge is -2.13. The highest BCUT2D eigenvalue weighted by Crippen LogP contribution is 2.34. The van der Waals surface area contributed by atoms with Crippen molar-refractivity contribution in [2.24, 2.45) is 12.8 Å². The van der Waals surface area contributed by atoms with Gasteiger partial charge in [-0.25, -0.2) is 4.68 Å². The third-order valence-corrected chi connectivity index (χ3v) is 4.23. The van der Waals surface area contributed by atoms with Crippen LogP contribution in [0.25, 0.3) is 0 Å². The van der Waals surface area contributed by atoms with Crippen LogP contribution in [0.2, 0.25) is 5.02 Å². The summed E-state index contributed by atoms with van der Waals surface area (Å²) in [5.74, 6) is 1.42. The highest BCUT2D eigenvalue weighted by atomic mass is 79.9. The Morgan fingerprint density at radius 2 is 2.19 bits per heavy atom. The maximum absolute atomic E-state index is 6.08. The lowest BCUT2D eigenvalue weighted by molar-refractivity contribution is 0.421. The van der Waals surface area contributed by atoms with E-state index in [0.29, 0.717) is 10.8 Å². The van der Waals surface area contributed by atoms with Gasteiger partial charge in [0.1, 0.15) is 5.75 Å². The number of aromatic nitrogens is 2. The number of ether oxygens (including phenoxy) is 1. The molecular formula is C15H19BrClN3O. The summed E-state index contributed by atoms with van der Waals surface area (Å²) in [6.07, 6.45) is 1.66. The van der Waals surface area contributed by atoms with Crippen LogP contribution in [0.1, 0.15) is 24.6 Å². The molecule has 4 nitrogen and oxygen atoms in total. The van der Waals surface area contributed by atoms with Gasteiger partial charge in [0.15, 0.2) is 0 Å². The molecule has 2 aromatic rings. The number of nitrogens with two attached hydrogens (primary N) is 1. The monoisotopic (exact) mass is 371 g/mol. The molecule has 1 aromatic carbocycles. The van der Waals surface area contributed by atoms with Gasteiger partial charge < -0.3 is 10.5 Å². The van der Waals surface area contributed by atoms with Crippen LogP contribution >= 0.6 is 27.5 Å². The van der Waals surface area contributed by atoms with Gasteiger partial charge in [0.05, 0.1) is 10.2 Å². The zero-order chi connectivity index (χ0) is 15.6. The summed E-state index contributed by atoms with van der Waals surface area (Å²) in [6, 6.07) is 5.53. The molecule has 1 unspecified atom stereocenters. The van der Waals surface area contributed by atoms with Crippen LogP contribution in [0.4, 0.5) is 0 Å². The van der Waals surface area contributed by atoms with Gasteiger partial charge in [-0.05, 0) is 53.9 Å². The molecule has 0 radical (unpaired) electrons. The first-order chi connectivity index (χ1) is 9.92. The van der Waals surface area contributed by atoms with Crippen molar-refractivity contribution in [3.8, 4) is 11.6 Å². The van der Waals surface area contributed by atoms with E-state index in [1.54, 1.807) is 16.8 Å². The Kier molecular flexibility index (Phi) is 5.30. The molecule has 6 heteroatoms. The van der Waals surface area contributed by atoms with Crippen LogP contribution in [0, 0.1) is 6.92 Å². The third kappa shape index (κ3) is 3.78. The van der Waals surface area contributed by atoms with E-state index in [1.165, 1.54) is 0 Å². The molecule has 0 aliphatic heterocycles. The van der Waals surface area contributed by atoms with Crippen molar-refractivity contribution in [2.45, 2.75) is 32.7 Å². The fourth-order valence-corrected chi connectivity index (χ4v) is 2.88. The normalized spacial score (nSPS) is 12.5. The molecule has 2 rings (SSSR count). The quantitative estimate of drug-likeness (QED) is 0.855. The molecule has 0 saturated heterocycles. The van der Waals surface area contributed by atoms with Crippen LogP contribution in [-0.2, 0) is 13.5 Å². The van der Waals surface area contributed by atoms with Gasteiger partial charge >= 0.3 is 0 Å². The van der Waals surface area contributed by atoms with E-state index < -0.39 is 0 Å². The Hall–Kier alpha value is -1.04. The predicted molar refractivity (Wildman–Crippen MR) is 89.1 cm³/mol. The van der Waals surface area contributed by atoms with Crippen molar-refractivity contribution in [3.05, 3.63) is 39.0 Å². The van der Waals surface area contributed by atoms with Gasteiger partial charge in [-0.15, -0.1) is 0 Å². The van der Waals surface area contributed by atoms with E-state index in [2.05, 4.69) is 28.0 Å². The fraction of sp³-hybridized carbons (Fsp3) is 0.400. The van der Waals surface area contributed by atoms with E-state index in [1.807, 2.05) is 20.0 Å². The molecule has 21 heavy (non-hydrogen) atoms. The summed E-state index contributed by atoms with van der Waals surface area (Å²) < 4.78 is 8.58. The molecule has 114 valence electrons. The van der Waals surface area contributed by atoms with Crippen molar-refractivity contribution in [3.63, 3.8) is 0 Å². The highest BCUT2D eigenvalue weighted by Gasteiger charge is 2.18. The van der Waals surface area contributed by atoms with Gasteiger partial charge in [0.25, 0.3) is 0 Å². The summed E-state index contributed by atoms with van der Waals surface area (Å²) in [5.41, 5.74) is 8.07. The third-order valence-electron chi connectivity index (χ3n) is 3.38. The second kappa shape index (κ2) is 6.81. The average molecular weight is 373 g/mol. The van der Waals surface area contributed by atoms with Crippen molar-refractivity contribution >= 4 is 27.5 Å². The summed E-state index contributed by atoms with van der Waals surface area (Å²) in [7, 11) is 1.87. The highest BCUT2D eigenvalue weighted by molar-refractivity contribution is 9.10. The number of halogens is 2. The minimum atomic E-state index is 0.101. The molecule has 1 aromatic heterocycles. The second-order valence-corrected chi connectivity index (χ2v) is 6.33. The number of hydrogen-bond acceptors (Lipinski definition) is 3. The minimum Gasteiger partial charge on any atom is -0.438 e. The number of hydrogen-bond donors (Lipinski definition) is 1. The van der Waals surface area contributed by atoms with E-state index in [4.69, 9.17) is 22.1 Å².